The van der Waals surface area contributed by atoms with Crippen LogP contribution in [0.1, 0.15) is 29.3 Å². The summed E-state index contributed by atoms with van der Waals surface area (Å²) in [4.78, 5) is 0. The van der Waals surface area contributed by atoms with Gasteiger partial charge in [0.2, 0.25) is 11.7 Å². The summed E-state index contributed by atoms with van der Waals surface area (Å²) in [5.41, 5.74) is 0.636. The normalized spacial score (nSPS) is 17.1. The standard InChI is InChI=1S/C18H16N8O2/c1-3-25-9-12(19-24-25)10-27-18-14-7-5-4-6-13(14)16-20-21-17(26(16)22-18)15-8-11(2)28-23-15/h4-9H,3,10H2,1-2H3/i1D3,2D3,3D2. The van der Waals surface area contributed by atoms with Crippen LogP contribution in [0.5, 0.6) is 5.88 Å². The predicted octanol–water partition coefficient (Wildman–Crippen LogP) is 2.43. The van der Waals surface area contributed by atoms with Gasteiger partial charge < -0.3 is 9.26 Å². The summed E-state index contributed by atoms with van der Waals surface area (Å²) in [6.45, 7) is -8.41. The minimum atomic E-state index is -2.95. The van der Waals surface area contributed by atoms with E-state index in [2.05, 4.69) is 30.8 Å². The molecule has 0 aliphatic carbocycles. The number of aromatic nitrogens is 8. The maximum Gasteiger partial charge on any atom is 0.240 e. The Morgan fingerprint density at radius 2 is 2.14 bits per heavy atom. The van der Waals surface area contributed by atoms with E-state index >= 15 is 0 Å². The highest BCUT2D eigenvalue weighted by atomic mass is 16.5. The summed E-state index contributed by atoms with van der Waals surface area (Å²) in [7, 11) is 0. The van der Waals surface area contributed by atoms with Gasteiger partial charge in [-0.3, -0.25) is 4.68 Å². The van der Waals surface area contributed by atoms with Crippen molar-refractivity contribution in [3.8, 4) is 17.4 Å². The van der Waals surface area contributed by atoms with Crippen LogP contribution in [-0.2, 0) is 13.1 Å². The molecule has 0 fully saturated rings. The molecule has 0 spiro atoms. The van der Waals surface area contributed by atoms with E-state index in [1.54, 1.807) is 24.3 Å². The number of hydrogen-bond donors (Lipinski definition) is 0. The Hall–Kier alpha value is -3.82. The zero-order valence-electron chi connectivity index (χ0n) is 22.1. The first kappa shape index (κ1) is 9.93. The van der Waals surface area contributed by atoms with E-state index < -0.39 is 20.2 Å². The fraction of sp³-hybridized carbons (Fsp3) is 0.222. The van der Waals surface area contributed by atoms with Crippen LogP contribution in [0.3, 0.4) is 0 Å². The van der Waals surface area contributed by atoms with Crippen molar-refractivity contribution < 1.29 is 20.2 Å². The molecule has 0 saturated heterocycles. The Balaban J connectivity index is 1.52. The van der Waals surface area contributed by atoms with Gasteiger partial charge in [-0.15, -0.1) is 20.4 Å². The maximum absolute atomic E-state index is 7.80. The molecule has 4 aromatic heterocycles. The van der Waals surface area contributed by atoms with Crippen molar-refractivity contribution in [2.24, 2.45) is 0 Å². The van der Waals surface area contributed by atoms with Gasteiger partial charge in [-0.05, 0) is 19.8 Å². The molecule has 0 atom stereocenters. The molecule has 0 amide bonds. The summed E-state index contributed by atoms with van der Waals surface area (Å²) in [6, 6.07) is 8.31. The highest BCUT2D eigenvalue weighted by Gasteiger charge is 2.18. The van der Waals surface area contributed by atoms with Crippen molar-refractivity contribution in [2.45, 2.75) is 26.8 Å². The number of benzene rings is 1. The predicted molar refractivity (Wildman–Crippen MR) is 98.6 cm³/mol. The monoisotopic (exact) mass is 384 g/mol. The molecule has 0 bridgehead atoms. The molecule has 0 radical (unpaired) electrons. The number of nitrogens with zero attached hydrogens (tertiary/aromatic N) is 8. The van der Waals surface area contributed by atoms with Gasteiger partial charge in [0, 0.05) is 31.6 Å². The SMILES string of the molecule is [2H]C([2H])([2H])c1cc(-c2nnc3c4ccccc4c(OCc4cn(C([2H])([2H])C([2H])([2H])[2H])nn4)nn23)no1. The Bertz CT molecular complexity index is 1570. The van der Waals surface area contributed by atoms with E-state index in [0.29, 0.717) is 21.1 Å². The molecule has 0 aliphatic rings. The van der Waals surface area contributed by atoms with Gasteiger partial charge in [0.1, 0.15) is 18.1 Å². The molecule has 140 valence electrons. The average Bonchev–Trinajstić information content (AvgIpc) is 3.55. The quantitative estimate of drug-likeness (QED) is 0.454. The summed E-state index contributed by atoms with van der Waals surface area (Å²) < 4.78 is 72.9. The molecule has 0 N–H and O–H groups in total. The number of rotatable bonds is 5. The lowest BCUT2D eigenvalue weighted by Gasteiger charge is -2.08. The van der Waals surface area contributed by atoms with Crippen molar-refractivity contribution in [2.75, 3.05) is 0 Å². The summed E-state index contributed by atoms with van der Waals surface area (Å²) in [6.07, 6.45) is 1.14. The van der Waals surface area contributed by atoms with Gasteiger partial charge in [0.25, 0.3) is 0 Å². The lowest BCUT2D eigenvalue weighted by Crippen LogP contribution is -2.03. The molecule has 0 aliphatic heterocycles. The van der Waals surface area contributed by atoms with Crippen LogP contribution in [0.25, 0.3) is 27.9 Å². The molecule has 10 heteroatoms. The summed E-state index contributed by atoms with van der Waals surface area (Å²) in [5.74, 6) is -0.0599. The van der Waals surface area contributed by atoms with Crippen molar-refractivity contribution in [1.82, 2.24) is 40.0 Å². The number of aryl methyl sites for hydroxylation is 2. The first-order chi connectivity index (χ1) is 16.9. The minimum Gasteiger partial charge on any atom is -0.470 e. The highest BCUT2D eigenvalue weighted by molar-refractivity contribution is 5.96. The van der Waals surface area contributed by atoms with Crippen LogP contribution in [0.15, 0.2) is 41.1 Å². The maximum atomic E-state index is 7.80. The van der Waals surface area contributed by atoms with Crippen LogP contribution >= 0.6 is 0 Å². The minimum absolute atomic E-state index is 0.109. The second kappa shape index (κ2) is 6.41. The Morgan fingerprint density at radius 1 is 1.21 bits per heavy atom. The zero-order chi connectivity index (χ0) is 25.9. The number of fused-ring (bicyclic) bond motifs is 3. The first-order valence-electron chi connectivity index (χ1n) is 12.0. The largest absolute Gasteiger partial charge is 0.470 e. The fourth-order valence-corrected chi connectivity index (χ4v) is 2.76. The van der Waals surface area contributed by atoms with E-state index in [-0.39, 0.29) is 35.5 Å². The van der Waals surface area contributed by atoms with Crippen LogP contribution in [0.4, 0.5) is 0 Å². The molecule has 1 aromatic carbocycles. The average molecular weight is 384 g/mol. The molecule has 28 heavy (non-hydrogen) atoms. The van der Waals surface area contributed by atoms with Crippen LogP contribution < -0.4 is 4.74 Å². The third kappa shape index (κ3) is 2.66. The van der Waals surface area contributed by atoms with E-state index in [4.69, 9.17) is 20.2 Å². The number of hydrogen-bond acceptors (Lipinski definition) is 8. The molecular formula is C18H16N8O2. The zero-order valence-corrected chi connectivity index (χ0v) is 14.1. The van der Waals surface area contributed by atoms with Gasteiger partial charge in [-0.2, -0.15) is 4.52 Å². The topological polar surface area (TPSA) is 109 Å². The van der Waals surface area contributed by atoms with E-state index in [9.17, 15) is 0 Å². The van der Waals surface area contributed by atoms with Gasteiger partial charge in [0.05, 0.1) is 8.94 Å². The van der Waals surface area contributed by atoms with Gasteiger partial charge in [-0.25, -0.2) is 0 Å². The van der Waals surface area contributed by atoms with Crippen molar-refractivity contribution in [3.05, 3.63) is 48.0 Å². The molecule has 5 aromatic rings. The summed E-state index contributed by atoms with van der Waals surface area (Å²) >= 11 is 0. The second-order valence-corrected chi connectivity index (χ2v) is 5.74. The number of ether oxygens (including phenoxy) is 1. The molecule has 0 saturated carbocycles. The molecule has 5 rings (SSSR count). The lowest BCUT2D eigenvalue weighted by atomic mass is 10.2. The Labute approximate surface area is 170 Å². The Morgan fingerprint density at radius 3 is 3.00 bits per heavy atom. The fourth-order valence-electron chi connectivity index (χ4n) is 2.76. The summed E-state index contributed by atoms with van der Waals surface area (Å²) in [5, 5.41) is 25.1. The first-order valence-corrected chi connectivity index (χ1v) is 8.02. The van der Waals surface area contributed by atoms with E-state index in [1.165, 1.54) is 10.6 Å². The molecule has 10 nitrogen and oxygen atoms in total. The van der Waals surface area contributed by atoms with Crippen LogP contribution in [-0.4, -0.2) is 40.0 Å². The third-order valence-corrected chi connectivity index (χ3v) is 3.98. The second-order valence-electron chi connectivity index (χ2n) is 5.74. The molecule has 0 unspecified atom stereocenters. The van der Waals surface area contributed by atoms with Gasteiger partial charge in [0.15, 0.2) is 11.3 Å². The Kier molecular flexibility index (Phi) is 2.27. The van der Waals surface area contributed by atoms with Crippen molar-refractivity contribution >= 4 is 16.4 Å². The van der Waals surface area contributed by atoms with Crippen molar-refractivity contribution in [1.29, 1.82) is 0 Å². The lowest BCUT2D eigenvalue weighted by molar-refractivity contribution is 0.289. The molecule has 4 heterocycles. The van der Waals surface area contributed by atoms with E-state index in [0.717, 1.165) is 6.20 Å². The van der Waals surface area contributed by atoms with Crippen LogP contribution in [0.2, 0.25) is 0 Å². The third-order valence-electron chi connectivity index (χ3n) is 3.98. The van der Waals surface area contributed by atoms with Crippen molar-refractivity contribution in [3.63, 3.8) is 0 Å². The molecular weight excluding hydrogens is 360 g/mol. The highest BCUT2D eigenvalue weighted by Crippen LogP contribution is 2.29. The van der Waals surface area contributed by atoms with E-state index in [1.807, 2.05) is 0 Å². The van der Waals surface area contributed by atoms with Gasteiger partial charge in [-0.1, -0.05) is 28.6 Å². The smallest absolute Gasteiger partial charge is 0.240 e. The van der Waals surface area contributed by atoms with Crippen LogP contribution in [0, 0.1) is 6.85 Å². The van der Waals surface area contributed by atoms with Gasteiger partial charge >= 0.3 is 0 Å².